The Kier molecular flexibility index (Phi) is 6.95. The standard InChI is InChI=1S/C17H20O4S2/c1-20-12-5-6-13(15(10-12)21-2)17(23-9-7-18)11-14(19)16-4-3-8-22-16/h3-6,8,10,17-18H,7,9,11H2,1-2H3. The first kappa shape index (κ1) is 17.8. The Bertz CT molecular complexity index is 626. The van der Waals surface area contributed by atoms with Gasteiger partial charge >= 0.3 is 0 Å². The van der Waals surface area contributed by atoms with Crippen LogP contribution in [0.15, 0.2) is 35.7 Å². The summed E-state index contributed by atoms with van der Waals surface area (Å²) in [6.45, 7) is 0.0762. The lowest BCUT2D eigenvalue weighted by atomic mass is 10.0. The average Bonchev–Trinajstić information content (AvgIpc) is 3.12. The number of hydrogen-bond donors (Lipinski definition) is 1. The third kappa shape index (κ3) is 4.73. The van der Waals surface area contributed by atoms with Crippen LogP contribution in [0.5, 0.6) is 11.5 Å². The molecule has 0 saturated carbocycles. The Hall–Kier alpha value is -1.50. The van der Waals surface area contributed by atoms with Crippen molar-refractivity contribution in [2.24, 2.45) is 0 Å². The molecule has 0 spiro atoms. The van der Waals surface area contributed by atoms with Gasteiger partial charge in [0.2, 0.25) is 0 Å². The molecule has 0 aliphatic rings. The number of ether oxygens (including phenoxy) is 2. The predicted octanol–water partition coefficient (Wildman–Crippen LogP) is 3.80. The number of carbonyl (C=O) groups is 1. The summed E-state index contributed by atoms with van der Waals surface area (Å²) in [6, 6.07) is 9.32. The van der Waals surface area contributed by atoms with Gasteiger partial charge < -0.3 is 14.6 Å². The maximum atomic E-state index is 12.4. The van der Waals surface area contributed by atoms with Gasteiger partial charge in [-0.1, -0.05) is 12.1 Å². The molecular formula is C17H20O4S2. The van der Waals surface area contributed by atoms with Gasteiger partial charge in [0, 0.05) is 29.1 Å². The lowest BCUT2D eigenvalue weighted by Crippen LogP contribution is -2.07. The van der Waals surface area contributed by atoms with Crippen LogP contribution < -0.4 is 9.47 Å². The fourth-order valence-corrected chi connectivity index (χ4v) is 3.95. The number of hydrogen-bond acceptors (Lipinski definition) is 6. The molecule has 0 aliphatic carbocycles. The van der Waals surface area contributed by atoms with E-state index in [0.29, 0.717) is 23.7 Å². The Morgan fingerprint density at radius 2 is 2.13 bits per heavy atom. The largest absolute Gasteiger partial charge is 0.497 e. The predicted molar refractivity (Wildman–Crippen MR) is 95.1 cm³/mol. The van der Waals surface area contributed by atoms with E-state index >= 15 is 0 Å². The third-order valence-corrected chi connectivity index (χ3v) is 5.52. The van der Waals surface area contributed by atoms with Crippen molar-refractivity contribution in [1.29, 1.82) is 0 Å². The molecule has 23 heavy (non-hydrogen) atoms. The third-order valence-electron chi connectivity index (χ3n) is 3.36. The SMILES string of the molecule is COc1ccc(C(CC(=O)c2cccs2)SCCO)c(OC)c1. The number of thiophene rings is 1. The van der Waals surface area contributed by atoms with Crippen LogP contribution in [0.4, 0.5) is 0 Å². The molecule has 4 nitrogen and oxygen atoms in total. The zero-order valence-corrected chi connectivity index (χ0v) is 14.8. The Balaban J connectivity index is 2.25. The van der Waals surface area contributed by atoms with Crippen LogP contribution in [0, 0.1) is 0 Å². The second kappa shape index (κ2) is 8.96. The minimum atomic E-state index is -0.0717. The van der Waals surface area contributed by atoms with Gasteiger partial charge in [0.1, 0.15) is 11.5 Å². The van der Waals surface area contributed by atoms with Crippen molar-refractivity contribution >= 4 is 28.9 Å². The van der Waals surface area contributed by atoms with Crippen molar-refractivity contribution in [1.82, 2.24) is 0 Å². The minimum absolute atomic E-state index is 0.0717. The molecule has 1 unspecified atom stereocenters. The van der Waals surface area contributed by atoms with Crippen LogP contribution in [0.25, 0.3) is 0 Å². The van der Waals surface area contributed by atoms with Crippen molar-refractivity contribution in [3.05, 3.63) is 46.2 Å². The van der Waals surface area contributed by atoms with Crippen LogP contribution in [0.3, 0.4) is 0 Å². The van der Waals surface area contributed by atoms with Gasteiger partial charge in [-0.2, -0.15) is 11.8 Å². The Labute approximate surface area is 144 Å². The maximum Gasteiger partial charge on any atom is 0.174 e. The number of aliphatic hydroxyl groups excluding tert-OH is 1. The summed E-state index contributed by atoms with van der Waals surface area (Å²) in [4.78, 5) is 13.2. The summed E-state index contributed by atoms with van der Waals surface area (Å²) in [5, 5.41) is 11.0. The molecule has 6 heteroatoms. The lowest BCUT2D eigenvalue weighted by Gasteiger charge is -2.19. The van der Waals surface area contributed by atoms with Gasteiger partial charge in [-0.25, -0.2) is 0 Å². The number of thioether (sulfide) groups is 1. The van der Waals surface area contributed by atoms with Crippen LogP contribution in [-0.2, 0) is 0 Å². The van der Waals surface area contributed by atoms with E-state index in [0.717, 1.165) is 10.4 Å². The van der Waals surface area contributed by atoms with Crippen molar-refractivity contribution in [2.75, 3.05) is 26.6 Å². The molecule has 0 saturated heterocycles. The lowest BCUT2D eigenvalue weighted by molar-refractivity contribution is 0.0985. The zero-order valence-electron chi connectivity index (χ0n) is 13.2. The Morgan fingerprint density at radius 3 is 2.74 bits per heavy atom. The van der Waals surface area contributed by atoms with E-state index in [2.05, 4.69) is 0 Å². The first-order valence-electron chi connectivity index (χ1n) is 7.20. The summed E-state index contributed by atoms with van der Waals surface area (Å²) in [7, 11) is 3.21. The van der Waals surface area contributed by atoms with E-state index in [9.17, 15) is 4.79 Å². The number of Topliss-reactive ketones (excluding diaryl/α,β-unsaturated/α-hetero) is 1. The molecule has 1 N–H and O–H groups in total. The number of aliphatic hydroxyl groups is 1. The highest BCUT2D eigenvalue weighted by Gasteiger charge is 2.22. The molecule has 1 aromatic carbocycles. The fraction of sp³-hybridized carbons (Fsp3) is 0.353. The van der Waals surface area contributed by atoms with E-state index in [1.807, 2.05) is 35.7 Å². The maximum absolute atomic E-state index is 12.4. The molecule has 2 rings (SSSR count). The molecule has 0 radical (unpaired) electrons. The summed E-state index contributed by atoms with van der Waals surface area (Å²) in [6.07, 6.45) is 0.369. The number of carbonyl (C=O) groups excluding carboxylic acids is 1. The molecule has 1 atom stereocenters. The van der Waals surface area contributed by atoms with Gasteiger partial charge in [-0.3, -0.25) is 4.79 Å². The highest BCUT2D eigenvalue weighted by Crippen LogP contribution is 2.40. The topological polar surface area (TPSA) is 55.8 Å². The molecule has 0 fully saturated rings. The van der Waals surface area contributed by atoms with E-state index in [-0.39, 0.29) is 17.6 Å². The summed E-state index contributed by atoms with van der Waals surface area (Å²) >= 11 is 3.00. The highest BCUT2D eigenvalue weighted by atomic mass is 32.2. The van der Waals surface area contributed by atoms with Crippen molar-refractivity contribution in [3.63, 3.8) is 0 Å². The smallest absolute Gasteiger partial charge is 0.174 e. The number of methoxy groups -OCH3 is 2. The van der Waals surface area contributed by atoms with E-state index in [1.165, 1.54) is 11.3 Å². The van der Waals surface area contributed by atoms with E-state index in [4.69, 9.17) is 14.6 Å². The normalized spacial score (nSPS) is 12.0. The van der Waals surface area contributed by atoms with E-state index in [1.54, 1.807) is 26.0 Å². The second-order valence-electron chi connectivity index (χ2n) is 4.80. The van der Waals surface area contributed by atoms with Gasteiger partial charge in [-0.15, -0.1) is 11.3 Å². The summed E-state index contributed by atoms with van der Waals surface area (Å²) < 4.78 is 10.7. The number of rotatable bonds is 9. The average molecular weight is 352 g/mol. The molecule has 0 bridgehead atoms. The van der Waals surface area contributed by atoms with Gasteiger partial charge in [0.25, 0.3) is 0 Å². The van der Waals surface area contributed by atoms with Gasteiger partial charge in [0.05, 0.1) is 25.7 Å². The van der Waals surface area contributed by atoms with E-state index < -0.39 is 0 Å². The molecule has 124 valence electrons. The molecule has 1 aromatic heterocycles. The second-order valence-corrected chi connectivity index (χ2v) is 7.05. The summed E-state index contributed by atoms with van der Waals surface area (Å²) in [5.74, 6) is 2.07. The zero-order chi connectivity index (χ0) is 16.7. The van der Waals surface area contributed by atoms with Crippen LogP contribution in [-0.4, -0.2) is 37.5 Å². The molecule has 2 aromatic rings. The number of ketones is 1. The van der Waals surface area contributed by atoms with Crippen molar-refractivity contribution in [2.45, 2.75) is 11.7 Å². The summed E-state index contributed by atoms with van der Waals surface area (Å²) in [5.41, 5.74) is 0.941. The van der Waals surface area contributed by atoms with Crippen molar-refractivity contribution < 1.29 is 19.4 Å². The van der Waals surface area contributed by atoms with Gasteiger partial charge in [0.15, 0.2) is 5.78 Å². The first-order valence-corrected chi connectivity index (χ1v) is 9.13. The molecular weight excluding hydrogens is 332 g/mol. The minimum Gasteiger partial charge on any atom is -0.497 e. The quantitative estimate of drug-likeness (QED) is 0.696. The number of benzene rings is 1. The Morgan fingerprint density at radius 1 is 1.30 bits per heavy atom. The van der Waals surface area contributed by atoms with Crippen LogP contribution >= 0.6 is 23.1 Å². The highest BCUT2D eigenvalue weighted by molar-refractivity contribution is 7.99. The first-order chi connectivity index (χ1) is 11.2. The van der Waals surface area contributed by atoms with Crippen LogP contribution in [0.1, 0.15) is 26.9 Å². The molecule has 1 heterocycles. The van der Waals surface area contributed by atoms with Crippen molar-refractivity contribution in [3.8, 4) is 11.5 Å². The fourth-order valence-electron chi connectivity index (χ4n) is 2.24. The molecule has 0 amide bonds. The molecule has 0 aliphatic heterocycles. The van der Waals surface area contributed by atoms with Crippen LogP contribution in [0.2, 0.25) is 0 Å². The van der Waals surface area contributed by atoms with Gasteiger partial charge in [-0.05, 0) is 17.5 Å². The monoisotopic (exact) mass is 352 g/mol.